The Kier molecular flexibility index (Phi) is 10.9. The van der Waals surface area contributed by atoms with E-state index in [2.05, 4.69) is 4.90 Å². The highest BCUT2D eigenvalue weighted by atomic mass is 16.5. The Morgan fingerprint density at radius 1 is 0.973 bits per heavy atom. The van der Waals surface area contributed by atoms with Gasteiger partial charge in [0.2, 0.25) is 5.91 Å². The number of rotatable bonds is 7. The maximum atomic E-state index is 12.8. The van der Waals surface area contributed by atoms with Crippen LogP contribution >= 0.6 is 0 Å². The fraction of sp³-hybridized carbons (Fsp3) is 0.429. The molecule has 2 fully saturated rings. The molecule has 2 aliphatic rings. The van der Waals surface area contributed by atoms with Gasteiger partial charge >= 0.3 is 0 Å². The van der Waals surface area contributed by atoms with E-state index in [9.17, 15) is 9.59 Å². The predicted molar refractivity (Wildman–Crippen MR) is 140 cm³/mol. The van der Waals surface area contributed by atoms with Gasteiger partial charge in [-0.05, 0) is 80.9 Å². The molecular weight excluding hydrogens is 472 g/mol. The normalized spacial score (nSPS) is 16.1. The maximum Gasteiger partial charge on any atom is 0.290 e. The first-order valence-corrected chi connectivity index (χ1v) is 12.7. The number of anilines is 1. The minimum absolute atomic E-state index is 0.0353. The van der Waals surface area contributed by atoms with Crippen LogP contribution in [0, 0.1) is 11.3 Å². The van der Waals surface area contributed by atoms with E-state index < -0.39 is 0 Å². The summed E-state index contributed by atoms with van der Waals surface area (Å²) in [5.74, 6) is 0.502. The molecule has 0 unspecified atom stereocenters. The predicted octanol–water partition coefficient (Wildman–Crippen LogP) is 3.39. The SMILES string of the molecule is N#Cc1ccc(C(=O)N2CCN(c3ccc(OCCCN4CCCCCC4)cc3)C(=O)C2)cc1.O=CO. The Morgan fingerprint density at radius 3 is 2.22 bits per heavy atom. The lowest BCUT2D eigenvalue weighted by molar-refractivity contribution is -0.123. The molecule has 196 valence electrons. The Hall–Kier alpha value is -3.90. The number of likely N-dealkylation sites (tertiary alicyclic amines) is 1. The quantitative estimate of drug-likeness (QED) is 0.452. The van der Waals surface area contributed by atoms with Crippen LogP contribution in [-0.4, -0.2) is 79.1 Å². The lowest BCUT2D eigenvalue weighted by atomic mass is 10.1. The van der Waals surface area contributed by atoms with Crippen LogP contribution in [0.25, 0.3) is 0 Å². The summed E-state index contributed by atoms with van der Waals surface area (Å²) in [6, 6.07) is 16.1. The van der Waals surface area contributed by atoms with E-state index in [0.29, 0.717) is 30.8 Å². The summed E-state index contributed by atoms with van der Waals surface area (Å²) < 4.78 is 5.91. The standard InChI is InChI=1S/C27H32N4O3.CH2O2/c28-20-22-6-8-23(9-7-22)27(33)30-17-18-31(26(32)21-30)24-10-12-25(13-11-24)34-19-5-16-29-14-3-1-2-4-15-29;2-1-3/h6-13H,1-5,14-19,21H2;1H,(H,2,3). The number of carbonyl (C=O) groups excluding carboxylic acids is 2. The zero-order valence-electron chi connectivity index (χ0n) is 21.1. The molecule has 37 heavy (non-hydrogen) atoms. The van der Waals surface area contributed by atoms with Crippen molar-refractivity contribution < 1.29 is 24.2 Å². The molecule has 0 spiro atoms. The van der Waals surface area contributed by atoms with Crippen LogP contribution in [0.3, 0.4) is 0 Å². The summed E-state index contributed by atoms with van der Waals surface area (Å²) in [7, 11) is 0. The molecule has 2 amide bonds. The fourth-order valence-electron chi connectivity index (χ4n) is 4.55. The topological polar surface area (TPSA) is 114 Å². The van der Waals surface area contributed by atoms with E-state index >= 15 is 0 Å². The lowest BCUT2D eigenvalue weighted by Crippen LogP contribution is -2.52. The van der Waals surface area contributed by atoms with Crippen LogP contribution in [0.2, 0.25) is 0 Å². The van der Waals surface area contributed by atoms with Crippen molar-refractivity contribution >= 4 is 24.0 Å². The fourth-order valence-corrected chi connectivity index (χ4v) is 4.55. The van der Waals surface area contributed by atoms with Gasteiger partial charge in [0.05, 0.1) is 18.2 Å². The largest absolute Gasteiger partial charge is 0.494 e. The number of nitrogens with zero attached hydrogens (tertiary/aromatic N) is 4. The number of benzene rings is 2. The molecule has 2 saturated heterocycles. The first-order chi connectivity index (χ1) is 18.0. The molecule has 0 radical (unpaired) electrons. The Balaban J connectivity index is 0.00000121. The molecule has 0 atom stereocenters. The number of carbonyl (C=O) groups is 3. The van der Waals surface area contributed by atoms with Crippen molar-refractivity contribution in [2.45, 2.75) is 32.1 Å². The zero-order chi connectivity index (χ0) is 26.5. The lowest BCUT2D eigenvalue weighted by Gasteiger charge is -2.34. The molecule has 0 saturated carbocycles. The van der Waals surface area contributed by atoms with Gasteiger partial charge in [0, 0.05) is 30.9 Å². The van der Waals surface area contributed by atoms with E-state index in [1.54, 1.807) is 34.1 Å². The molecule has 2 aromatic rings. The number of amides is 2. The number of carboxylic acid groups (broad SMARTS) is 1. The summed E-state index contributed by atoms with van der Waals surface area (Å²) in [6.45, 7) is 4.86. The molecule has 2 aliphatic heterocycles. The van der Waals surface area contributed by atoms with Crippen LogP contribution in [-0.2, 0) is 9.59 Å². The second-order valence-electron chi connectivity index (χ2n) is 9.02. The molecule has 0 aliphatic carbocycles. The van der Waals surface area contributed by atoms with Crippen molar-refractivity contribution in [3.8, 4) is 11.8 Å². The smallest absolute Gasteiger partial charge is 0.290 e. The van der Waals surface area contributed by atoms with Crippen LogP contribution < -0.4 is 9.64 Å². The van der Waals surface area contributed by atoms with Crippen molar-refractivity contribution in [1.29, 1.82) is 5.26 Å². The van der Waals surface area contributed by atoms with Gasteiger partial charge in [0.25, 0.3) is 12.4 Å². The van der Waals surface area contributed by atoms with Crippen LogP contribution in [0.5, 0.6) is 5.75 Å². The van der Waals surface area contributed by atoms with Crippen molar-refractivity contribution in [1.82, 2.24) is 9.80 Å². The van der Waals surface area contributed by atoms with E-state index in [0.717, 1.165) is 24.4 Å². The number of hydrogen-bond donors (Lipinski definition) is 1. The Bertz CT molecular complexity index is 1060. The van der Waals surface area contributed by atoms with Gasteiger partial charge in [-0.25, -0.2) is 0 Å². The van der Waals surface area contributed by atoms with Gasteiger partial charge in [0.1, 0.15) is 12.3 Å². The third kappa shape index (κ3) is 8.33. The molecule has 1 N–H and O–H groups in total. The second-order valence-corrected chi connectivity index (χ2v) is 9.02. The highest BCUT2D eigenvalue weighted by molar-refractivity contribution is 6.01. The molecule has 2 heterocycles. The highest BCUT2D eigenvalue weighted by Gasteiger charge is 2.28. The number of nitriles is 1. The monoisotopic (exact) mass is 506 g/mol. The van der Waals surface area contributed by atoms with E-state index in [4.69, 9.17) is 19.9 Å². The number of ether oxygens (including phenoxy) is 1. The maximum absolute atomic E-state index is 12.8. The van der Waals surface area contributed by atoms with Crippen molar-refractivity contribution in [2.24, 2.45) is 0 Å². The third-order valence-corrected chi connectivity index (χ3v) is 6.50. The molecular formula is C28H34N4O5. The van der Waals surface area contributed by atoms with Crippen LogP contribution in [0.1, 0.15) is 48.0 Å². The van der Waals surface area contributed by atoms with Gasteiger partial charge in [0.15, 0.2) is 0 Å². The Labute approximate surface area is 217 Å². The number of hydrogen-bond acceptors (Lipinski definition) is 6. The highest BCUT2D eigenvalue weighted by Crippen LogP contribution is 2.22. The van der Waals surface area contributed by atoms with Crippen molar-refractivity contribution in [2.75, 3.05) is 50.8 Å². The third-order valence-electron chi connectivity index (χ3n) is 6.50. The number of piperazine rings is 1. The van der Waals surface area contributed by atoms with E-state index in [1.165, 1.54) is 38.8 Å². The van der Waals surface area contributed by atoms with Gasteiger partial charge in [-0.2, -0.15) is 5.26 Å². The summed E-state index contributed by atoms with van der Waals surface area (Å²) in [5, 5.41) is 15.8. The molecule has 0 bridgehead atoms. The average molecular weight is 507 g/mol. The van der Waals surface area contributed by atoms with Crippen molar-refractivity contribution in [3.05, 3.63) is 59.7 Å². The van der Waals surface area contributed by atoms with Crippen LogP contribution in [0.4, 0.5) is 5.69 Å². The molecule has 9 nitrogen and oxygen atoms in total. The minimum Gasteiger partial charge on any atom is -0.494 e. The molecule has 4 rings (SSSR count). The molecule has 9 heteroatoms. The van der Waals surface area contributed by atoms with Gasteiger partial charge in [-0.15, -0.1) is 0 Å². The minimum atomic E-state index is -0.250. The van der Waals surface area contributed by atoms with Gasteiger partial charge < -0.3 is 24.5 Å². The van der Waals surface area contributed by atoms with Gasteiger partial charge in [-0.3, -0.25) is 14.4 Å². The summed E-state index contributed by atoms with van der Waals surface area (Å²) in [4.78, 5) is 39.7. The first-order valence-electron chi connectivity index (χ1n) is 12.7. The first kappa shape index (κ1) is 27.7. The van der Waals surface area contributed by atoms with Crippen molar-refractivity contribution in [3.63, 3.8) is 0 Å². The zero-order valence-corrected chi connectivity index (χ0v) is 21.1. The average Bonchev–Trinajstić information content (AvgIpc) is 3.20. The summed E-state index contributed by atoms with van der Waals surface area (Å²) >= 11 is 0. The van der Waals surface area contributed by atoms with Crippen LogP contribution in [0.15, 0.2) is 48.5 Å². The van der Waals surface area contributed by atoms with E-state index in [1.807, 2.05) is 30.3 Å². The Morgan fingerprint density at radius 2 is 1.62 bits per heavy atom. The second kappa shape index (κ2) is 14.6. The molecule has 2 aromatic carbocycles. The summed E-state index contributed by atoms with van der Waals surface area (Å²) in [5.41, 5.74) is 1.80. The summed E-state index contributed by atoms with van der Waals surface area (Å²) in [6.07, 6.45) is 6.32. The van der Waals surface area contributed by atoms with Gasteiger partial charge in [-0.1, -0.05) is 12.8 Å². The molecule has 0 aromatic heterocycles. The van der Waals surface area contributed by atoms with E-state index in [-0.39, 0.29) is 24.8 Å².